The zero-order chi connectivity index (χ0) is 16.8. The van der Waals surface area contributed by atoms with Gasteiger partial charge in [-0.15, -0.1) is 0 Å². The van der Waals surface area contributed by atoms with E-state index in [9.17, 15) is 8.42 Å². The van der Waals surface area contributed by atoms with Gasteiger partial charge < -0.3 is 9.64 Å². The molecular weight excluding hydrogens is 324 g/mol. The highest BCUT2D eigenvalue weighted by Crippen LogP contribution is 2.21. The first-order valence-electron chi connectivity index (χ1n) is 8.06. The van der Waals surface area contributed by atoms with Crippen molar-refractivity contribution >= 4 is 15.7 Å². The molecule has 0 bridgehead atoms. The Morgan fingerprint density at radius 1 is 0.958 bits per heavy atom. The smallest absolute Gasteiger partial charge is 0.216 e. The van der Waals surface area contributed by atoms with Crippen molar-refractivity contribution in [2.45, 2.75) is 12.3 Å². The first kappa shape index (κ1) is 17.0. The molecule has 128 valence electrons. The molecule has 1 heterocycles. The van der Waals surface area contributed by atoms with Crippen LogP contribution in [0.1, 0.15) is 11.1 Å². The summed E-state index contributed by atoms with van der Waals surface area (Å²) in [7, 11) is -3.37. The molecule has 0 saturated carbocycles. The van der Waals surface area contributed by atoms with E-state index in [0.29, 0.717) is 19.8 Å². The fourth-order valence-corrected chi connectivity index (χ4v) is 3.91. The third-order valence-electron chi connectivity index (χ3n) is 4.03. The second kappa shape index (κ2) is 7.79. The van der Waals surface area contributed by atoms with E-state index < -0.39 is 10.0 Å². The van der Waals surface area contributed by atoms with Crippen LogP contribution in [0.4, 0.5) is 5.69 Å². The Bertz CT molecular complexity index is 757. The lowest BCUT2D eigenvalue weighted by molar-refractivity contribution is 0.122. The largest absolute Gasteiger partial charge is 0.378 e. The molecule has 0 spiro atoms. The van der Waals surface area contributed by atoms with Crippen LogP contribution >= 0.6 is 0 Å². The van der Waals surface area contributed by atoms with Gasteiger partial charge in [-0.05, 0) is 17.2 Å². The highest BCUT2D eigenvalue weighted by molar-refractivity contribution is 7.88. The minimum Gasteiger partial charge on any atom is -0.378 e. The van der Waals surface area contributed by atoms with Crippen molar-refractivity contribution in [2.75, 3.05) is 31.2 Å². The zero-order valence-corrected chi connectivity index (χ0v) is 14.3. The summed E-state index contributed by atoms with van der Waals surface area (Å²) in [5.41, 5.74) is 2.84. The van der Waals surface area contributed by atoms with Gasteiger partial charge in [0.25, 0.3) is 0 Å². The minimum atomic E-state index is -3.37. The van der Waals surface area contributed by atoms with Crippen LogP contribution in [0.2, 0.25) is 0 Å². The van der Waals surface area contributed by atoms with Crippen LogP contribution in [-0.4, -0.2) is 34.7 Å². The van der Waals surface area contributed by atoms with E-state index in [0.717, 1.165) is 29.9 Å². The molecule has 0 aromatic heterocycles. The fraction of sp³-hybridized carbons (Fsp3) is 0.333. The average molecular weight is 346 g/mol. The van der Waals surface area contributed by atoms with Crippen molar-refractivity contribution in [1.29, 1.82) is 0 Å². The van der Waals surface area contributed by atoms with E-state index in [1.807, 2.05) is 54.6 Å². The third kappa shape index (κ3) is 4.56. The molecule has 0 radical (unpaired) electrons. The molecule has 0 atom stereocenters. The number of hydrogen-bond acceptors (Lipinski definition) is 4. The van der Waals surface area contributed by atoms with E-state index in [1.165, 1.54) is 0 Å². The molecule has 1 aliphatic heterocycles. The zero-order valence-electron chi connectivity index (χ0n) is 13.5. The van der Waals surface area contributed by atoms with E-state index >= 15 is 0 Å². The van der Waals surface area contributed by atoms with Gasteiger partial charge >= 0.3 is 0 Å². The quantitative estimate of drug-likeness (QED) is 0.871. The van der Waals surface area contributed by atoms with Gasteiger partial charge in [-0.25, -0.2) is 13.1 Å². The van der Waals surface area contributed by atoms with Crippen LogP contribution in [0, 0.1) is 0 Å². The van der Waals surface area contributed by atoms with E-state index in [1.54, 1.807) is 0 Å². The lowest BCUT2D eigenvalue weighted by Crippen LogP contribution is -2.37. The van der Waals surface area contributed by atoms with Gasteiger partial charge in [0.1, 0.15) is 0 Å². The Hall–Kier alpha value is -1.89. The maximum absolute atomic E-state index is 12.3. The Kier molecular flexibility index (Phi) is 5.50. The Morgan fingerprint density at radius 2 is 1.62 bits per heavy atom. The number of hydrogen-bond donors (Lipinski definition) is 1. The topological polar surface area (TPSA) is 58.6 Å². The third-order valence-corrected chi connectivity index (χ3v) is 5.32. The summed E-state index contributed by atoms with van der Waals surface area (Å²) in [6, 6.07) is 17.1. The van der Waals surface area contributed by atoms with Crippen LogP contribution < -0.4 is 9.62 Å². The van der Waals surface area contributed by atoms with Gasteiger partial charge in [-0.2, -0.15) is 0 Å². The summed E-state index contributed by atoms with van der Waals surface area (Å²) in [5, 5.41) is 0. The molecule has 3 rings (SSSR count). The number of nitrogens with one attached hydrogen (secondary N) is 1. The average Bonchev–Trinajstić information content (AvgIpc) is 2.62. The molecule has 1 fully saturated rings. The van der Waals surface area contributed by atoms with E-state index in [-0.39, 0.29) is 5.75 Å². The number of morpholine rings is 1. The number of nitrogens with zero attached hydrogens (tertiary/aromatic N) is 1. The van der Waals surface area contributed by atoms with Gasteiger partial charge in [0.15, 0.2) is 0 Å². The molecule has 2 aromatic rings. The summed E-state index contributed by atoms with van der Waals surface area (Å²) in [6.45, 7) is 3.35. The molecule has 5 nitrogen and oxygen atoms in total. The number of benzene rings is 2. The number of ether oxygens (including phenoxy) is 1. The van der Waals surface area contributed by atoms with Crippen LogP contribution in [0.15, 0.2) is 54.6 Å². The van der Waals surface area contributed by atoms with Gasteiger partial charge in [0.2, 0.25) is 10.0 Å². The Labute approximate surface area is 143 Å². The molecule has 24 heavy (non-hydrogen) atoms. The van der Waals surface area contributed by atoms with Crippen molar-refractivity contribution in [2.24, 2.45) is 0 Å². The summed E-state index contributed by atoms with van der Waals surface area (Å²) in [4.78, 5) is 2.24. The van der Waals surface area contributed by atoms with Crippen molar-refractivity contribution < 1.29 is 13.2 Å². The Morgan fingerprint density at radius 3 is 2.38 bits per heavy atom. The highest BCUT2D eigenvalue weighted by Gasteiger charge is 2.16. The van der Waals surface area contributed by atoms with Crippen LogP contribution in [0.5, 0.6) is 0 Å². The maximum atomic E-state index is 12.3. The van der Waals surface area contributed by atoms with Crippen LogP contribution in [0.25, 0.3) is 0 Å². The monoisotopic (exact) mass is 346 g/mol. The predicted octanol–water partition coefficient (Wildman–Crippen LogP) is 2.14. The second-order valence-electron chi connectivity index (χ2n) is 5.79. The highest BCUT2D eigenvalue weighted by atomic mass is 32.2. The standard InChI is InChI=1S/C18H22N2O3S/c21-24(22,15-16-6-2-1-3-7-16)19-14-17-8-4-5-9-18(17)20-10-12-23-13-11-20/h1-9,19H,10-15H2. The molecule has 1 N–H and O–H groups in total. The molecular formula is C18H22N2O3S. The van der Waals surface area contributed by atoms with Gasteiger partial charge in [0, 0.05) is 25.3 Å². The van der Waals surface area contributed by atoms with Crippen LogP contribution in [-0.2, 0) is 27.1 Å². The SMILES string of the molecule is O=S(=O)(Cc1ccccc1)NCc1ccccc1N1CCOCC1. The van der Waals surface area contributed by atoms with Crippen molar-refractivity contribution in [3.05, 3.63) is 65.7 Å². The molecule has 0 amide bonds. The summed E-state index contributed by atoms with van der Waals surface area (Å²) in [6.07, 6.45) is 0. The molecule has 1 aliphatic rings. The summed E-state index contributed by atoms with van der Waals surface area (Å²) < 4.78 is 32.7. The minimum absolute atomic E-state index is 0.00639. The molecule has 2 aromatic carbocycles. The lowest BCUT2D eigenvalue weighted by atomic mass is 10.1. The summed E-state index contributed by atoms with van der Waals surface area (Å²) >= 11 is 0. The second-order valence-corrected chi connectivity index (χ2v) is 7.60. The van der Waals surface area contributed by atoms with E-state index in [4.69, 9.17) is 4.74 Å². The van der Waals surface area contributed by atoms with E-state index in [2.05, 4.69) is 9.62 Å². The Balaban J connectivity index is 1.68. The molecule has 0 aliphatic carbocycles. The van der Waals surface area contributed by atoms with Gasteiger partial charge in [-0.3, -0.25) is 0 Å². The number of sulfonamides is 1. The molecule has 6 heteroatoms. The normalized spacial score (nSPS) is 15.4. The first-order valence-corrected chi connectivity index (χ1v) is 9.71. The predicted molar refractivity (Wildman–Crippen MR) is 95.4 cm³/mol. The number of anilines is 1. The van der Waals surface area contributed by atoms with Crippen molar-refractivity contribution in [3.8, 4) is 0 Å². The maximum Gasteiger partial charge on any atom is 0.216 e. The number of para-hydroxylation sites is 1. The molecule has 0 unspecified atom stereocenters. The van der Waals surface area contributed by atoms with Crippen LogP contribution in [0.3, 0.4) is 0 Å². The van der Waals surface area contributed by atoms with Crippen molar-refractivity contribution in [3.63, 3.8) is 0 Å². The first-order chi connectivity index (χ1) is 11.6. The van der Waals surface area contributed by atoms with Gasteiger partial charge in [0.05, 0.1) is 19.0 Å². The molecule has 1 saturated heterocycles. The van der Waals surface area contributed by atoms with Gasteiger partial charge in [-0.1, -0.05) is 48.5 Å². The number of rotatable bonds is 6. The fourth-order valence-electron chi connectivity index (χ4n) is 2.81. The summed E-state index contributed by atoms with van der Waals surface area (Å²) in [5.74, 6) is -0.00639. The lowest BCUT2D eigenvalue weighted by Gasteiger charge is -2.30. The van der Waals surface area contributed by atoms with Crippen molar-refractivity contribution in [1.82, 2.24) is 4.72 Å².